The van der Waals surface area contributed by atoms with Gasteiger partial charge in [-0.15, -0.1) is 0 Å². The summed E-state index contributed by atoms with van der Waals surface area (Å²) in [7, 11) is -0.0718. The van der Waals surface area contributed by atoms with Gasteiger partial charge in [0.05, 0.1) is 10.5 Å². The molecule has 7 nitrogen and oxygen atoms in total. The summed E-state index contributed by atoms with van der Waals surface area (Å²) in [6.45, 7) is 0.724. The van der Waals surface area contributed by atoms with Crippen molar-refractivity contribution in [3.05, 3.63) is 23.8 Å². The van der Waals surface area contributed by atoms with Crippen LogP contribution in [0.3, 0.4) is 0 Å². The maximum absolute atomic E-state index is 12.7. The molecule has 2 rings (SSSR count). The van der Waals surface area contributed by atoms with Crippen LogP contribution in [-0.4, -0.2) is 61.9 Å². The number of likely N-dealkylation sites (N-methyl/N-ethyl adjacent to an activating group) is 1. The third-order valence-electron chi connectivity index (χ3n) is 3.71. The highest BCUT2D eigenvalue weighted by Crippen LogP contribution is 2.26. The number of aromatic carboxylic acids is 1. The molecule has 1 unspecified atom stereocenters. The van der Waals surface area contributed by atoms with Crippen molar-refractivity contribution in [2.24, 2.45) is 0 Å². The van der Waals surface area contributed by atoms with Gasteiger partial charge in [-0.3, -0.25) is 0 Å². The van der Waals surface area contributed by atoms with Crippen LogP contribution in [0.25, 0.3) is 0 Å². The van der Waals surface area contributed by atoms with Crippen molar-refractivity contribution < 1.29 is 18.3 Å². The number of carboxylic acid groups (broad SMARTS) is 1. The van der Waals surface area contributed by atoms with Gasteiger partial charge in [-0.2, -0.15) is 4.31 Å². The highest BCUT2D eigenvalue weighted by Gasteiger charge is 2.35. The molecule has 21 heavy (non-hydrogen) atoms. The van der Waals surface area contributed by atoms with Crippen molar-refractivity contribution in [1.82, 2.24) is 9.21 Å². The van der Waals surface area contributed by atoms with Gasteiger partial charge in [0.2, 0.25) is 10.0 Å². The van der Waals surface area contributed by atoms with Gasteiger partial charge in [-0.25, -0.2) is 13.2 Å². The highest BCUT2D eigenvalue weighted by molar-refractivity contribution is 7.89. The van der Waals surface area contributed by atoms with Gasteiger partial charge in [0.15, 0.2) is 0 Å². The third kappa shape index (κ3) is 3.02. The second-order valence-corrected chi connectivity index (χ2v) is 7.24. The molecular weight excluding hydrogens is 294 g/mol. The second-order valence-electron chi connectivity index (χ2n) is 5.33. The molecule has 0 saturated carbocycles. The summed E-state index contributed by atoms with van der Waals surface area (Å²) in [5.41, 5.74) is 5.59. The molecular formula is C13H19N3O4S. The van der Waals surface area contributed by atoms with Crippen molar-refractivity contribution >= 4 is 21.7 Å². The van der Waals surface area contributed by atoms with Crippen LogP contribution in [-0.2, 0) is 10.0 Å². The Morgan fingerprint density at radius 2 is 2.10 bits per heavy atom. The molecule has 0 radical (unpaired) electrons. The zero-order chi connectivity index (χ0) is 15.8. The first-order valence-corrected chi connectivity index (χ1v) is 7.97. The monoisotopic (exact) mass is 313 g/mol. The van der Waals surface area contributed by atoms with E-state index in [9.17, 15) is 18.3 Å². The van der Waals surface area contributed by atoms with Gasteiger partial charge in [-0.05, 0) is 38.7 Å². The third-order valence-corrected chi connectivity index (χ3v) is 5.62. The Morgan fingerprint density at radius 1 is 1.43 bits per heavy atom. The van der Waals surface area contributed by atoms with Crippen molar-refractivity contribution in [3.63, 3.8) is 0 Å². The summed E-state index contributed by atoms with van der Waals surface area (Å²) in [5.74, 6) is -1.28. The molecule has 116 valence electrons. The lowest BCUT2D eigenvalue weighted by molar-refractivity contribution is 0.0692. The lowest BCUT2D eigenvalue weighted by Gasteiger charge is -2.21. The minimum absolute atomic E-state index is 0.133. The van der Waals surface area contributed by atoms with Gasteiger partial charge < -0.3 is 15.7 Å². The van der Waals surface area contributed by atoms with Crippen LogP contribution in [0.5, 0.6) is 0 Å². The van der Waals surface area contributed by atoms with Gasteiger partial charge in [0, 0.05) is 24.8 Å². The van der Waals surface area contributed by atoms with Crippen LogP contribution in [0.4, 0.5) is 5.69 Å². The van der Waals surface area contributed by atoms with E-state index in [-0.39, 0.29) is 22.2 Å². The predicted molar refractivity (Wildman–Crippen MR) is 78.7 cm³/mol. The number of carbonyl (C=O) groups is 1. The molecule has 1 aromatic carbocycles. The fourth-order valence-corrected chi connectivity index (χ4v) is 4.13. The van der Waals surface area contributed by atoms with Crippen LogP contribution < -0.4 is 5.73 Å². The average Bonchev–Trinajstić information content (AvgIpc) is 2.88. The maximum atomic E-state index is 12.7. The molecule has 1 aliphatic heterocycles. The number of rotatable bonds is 4. The molecule has 1 atom stereocenters. The maximum Gasteiger partial charge on any atom is 0.337 e. The normalized spacial score (nSPS) is 20.0. The zero-order valence-electron chi connectivity index (χ0n) is 12.0. The van der Waals surface area contributed by atoms with Gasteiger partial charge >= 0.3 is 5.97 Å². The first-order chi connectivity index (χ1) is 9.73. The first-order valence-electron chi connectivity index (χ1n) is 6.53. The molecule has 1 heterocycles. The van der Waals surface area contributed by atoms with E-state index in [0.29, 0.717) is 13.1 Å². The van der Waals surface area contributed by atoms with E-state index in [1.807, 2.05) is 19.0 Å². The molecule has 1 aromatic rings. The number of hydrogen-bond donors (Lipinski definition) is 2. The van der Waals surface area contributed by atoms with E-state index in [2.05, 4.69) is 0 Å². The Hall–Kier alpha value is -1.64. The van der Waals surface area contributed by atoms with Crippen LogP contribution >= 0.6 is 0 Å². The smallest absolute Gasteiger partial charge is 0.337 e. The number of sulfonamides is 1. The van der Waals surface area contributed by atoms with Gasteiger partial charge in [0.1, 0.15) is 0 Å². The van der Waals surface area contributed by atoms with Crippen molar-refractivity contribution in [1.29, 1.82) is 0 Å². The SMILES string of the molecule is CN(C)C1CCN(S(=O)(=O)c2cc(N)ccc2C(=O)O)C1. The van der Waals surface area contributed by atoms with Crippen LogP contribution in [0.2, 0.25) is 0 Å². The molecule has 1 saturated heterocycles. The van der Waals surface area contributed by atoms with E-state index in [0.717, 1.165) is 6.42 Å². The fraction of sp³-hybridized carbons (Fsp3) is 0.462. The molecule has 8 heteroatoms. The summed E-state index contributed by atoms with van der Waals surface area (Å²) in [6.07, 6.45) is 0.719. The van der Waals surface area contributed by atoms with E-state index < -0.39 is 16.0 Å². The standard InChI is InChI=1S/C13H19N3O4S/c1-15(2)10-5-6-16(8-10)21(19,20)12-7-9(14)3-4-11(12)13(17)18/h3-4,7,10H,5-6,8,14H2,1-2H3,(H,17,18). The minimum atomic E-state index is -3.86. The summed E-state index contributed by atoms with van der Waals surface area (Å²) in [4.78, 5) is 13.0. The van der Waals surface area contributed by atoms with Crippen LogP contribution in [0.15, 0.2) is 23.1 Å². The number of hydrogen-bond acceptors (Lipinski definition) is 5. The topological polar surface area (TPSA) is 104 Å². The molecule has 3 N–H and O–H groups in total. The lowest BCUT2D eigenvalue weighted by Crippen LogP contribution is -2.35. The molecule has 0 amide bonds. The molecule has 0 aromatic heterocycles. The number of nitrogen functional groups attached to an aromatic ring is 1. The fourth-order valence-electron chi connectivity index (χ4n) is 2.42. The molecule has 0 aliphatic carbocycles. The minimum Gasteiger partial charge on any atom is -0.478 e. The molecule has 0 bridgehead atoms. The summed E-state index contributed by atoms with van der Waals surface area (Å²) >= 11 is 0. The van der Waals surface area contributed by atoms with Crippen molar-refractivity contribution in [2.45, 2.75) is 17.4 Å². The van der Waals surface area contributed by atoms with E-state index in [1.165, 1.54) is 22.5 Å². The summed E-state index contributed by atoms with van der Waals surface area (Å²) in [5, 5.41) is 9.17. The average molecular weight is 313 g/mol. The Labute approximate surface area is 124 Å². The Kier molecular flexibility index (Phi) is 4.22. The summed E-state index contributed by atoms with van der Waals surface area (Å²) < 4.78 is 26.7. The Balaban J connectivity index is 2.41. The van der Waals surface area contributed by atoms with E-state index in [4.69, 9.17) is 5.73 Å². The van der Waals surface area contributed by atoms with Crippen molar-refractivity contribution in [2.75, 3.05) is 32.9 Å². The van der Waals surface area contributed by atoms with E-state index in [1.54, 1.807) is 0 Å². The first kappa shape index (κ1) is 15.7. The summed E-state index contributed by atoms with van der Waals surface area (Å²) in [6, 6.07) is 3.95. The molecule has 1 aliphatic rings. The number of nitrogens with two attached hydrogens (primary N) is 1. The number of benzene rings is 1. The molecule has 1 fully saturated rings. The zero-order valence-corrected chi connectivity index (χ0v) is 12.8. The van der Waals surface area contributed by atoms with Gasteiger partial charge in [-0.1, -0.05) is 0 Å². The molecule has 0 spiro atoms. The van der Waals surface area contributed by atoms with Crippen LogP contribution in [0.1, 0.15) is 16.8 Å². The van der Waals surface area contributed by atoms with Gasteiger partial charge in [0.25, 0.3) is 0 Å². The number of nitrogens with zero attached hydrogens (tertiary/aromatic N) is 2. The number of anilines is 1. The predicted octanol–water partition coefficient (Wildman–Crippen LogP) is 0.292. The highest BCUT2D eigenvalue weighted by atomic mass is 32.2. The van der Waals surface area contributed by atoms with Crippen molar-refractivity contribution in [3.8, 4) is 0 Å². The Morgan fingerprint density at radius 3 is 2.62 bits per heavy atom. The largest absolute Gasteiger partial charge is 0.478 e. The van der Waals surface area contributed by atoms with E-state index >= 15 is 0 Å². The Bertz CT molecular complexity index is 657. The second kappa shape index (κ2) is 5.63. The lowest BCUT2D eigenvalue weighted by atomic mass is 10.2. The quantitative estimate of drug-likeness (QED) is 0.774. The number of carboxylic acids is 1. The van der Waals surface area contributed by atoms with Crippen LogP contribution in [0, 0.1) is 0 Å².